The van der Waals surface area contributed by atoms with Crippen molar-refractivity contribution in [2.75, 3.05) is 25.1 Å². The zero-order valence-corrected chi connectivity index (χ0v) is 15.5. The van der Waals surface area contributed by atoms with E-state index in [1.807, 2.05) is 0 Å². The first kappa shape index (κ1) is 21.4. The van der Waals surface area contributed by atoms with Crippen LogP contribution in [-0.2, 0) is 12.8 Å². The van der Waals surface area contributed by atoms with Crippen LogP contribution < -0.4 is 11.1 Å². The minimum absolute atomic E-state index is 0.509. The number of alkyl halides is 3. The highest BCUT2D eigenvalue weighted by atomic mass is 19.4. The number of rotatable bonds is 3. The lowest BCUT2D eigenvalue weighted by atomic mass is 10.0. The standard InChI is InChI=1S/C16H25N3.C3H3F3N2/c17-12-18-15-6-3-13-4-7-16(8-5-14(13)11-15)19-9-1-2-10-19;1-8-2(7)3(4,5)6/h3,6,11,16,18H,1-2,4-5,7-10,12,17H2;7H,1H2. The van der Waals surface area contributed by atoms with E-state index in [9.17, 15) is 13.2 Å². The number of aryl methyl sites for hydroxylation is 2. The van der Waals surface area contributed by atoms with E-state index < -0.39 is 12.0 Å². The normalized spacial score (nSPS) is 20.1. The number of nitrogens with one attached hydrogen (secondary N) is 2. The van der Waals surface area contributed by atoms with Crippen LogP contribution in [0.1, 0.15) is 36.8 Å². The fraction of sp³-hybridized carbons (Fsp3) is 0.579. The highest BCUT2D eigenvalue weighted by Crippen LogP contribution is 2.27. The molecule has 5 nitrogen and oxygen atoms in total. The van der Waals surface area contributed by atoms with Gasteiger partial charge in [0.25, 0.3) is 0 Å². The van der Waals surface area contributed by atoms with E-state index in [2.05, 4.69) is 40.1 Å². The molecule has 1 saturated heterocycles. The summed E-state index contributed by atoms with van der Waals surface area (Å²) in [5, 5.41) is 9.25. The molecule has 1 heterocycles. The summed E-state index contributed by atoms with van der Waals surface area (Å²) in [6.45, 7) is 5.68. The third-order valence-electron chi connectivity index (χ3n) is 5.09. The van der Waals surface area contributed by atoms with Gasteiger partial charge < -0.3 is 16.0 Å². The Hall–Kier alpha value is -1.93. The molecule has 1 aromatic carbocycles. The Balaban J connectivity index is 0.000000279. The average molecular weight is 383 g/mol. The quantitative estimate of drug-likeness (QED) is 0.323. The van der Waals surface area contributed by atoms with E-state index in [4.69, 9.17) is 11.1 Å². The number of likely N-dealkylation sites (tertiary alicyclic amines) is 1. The molecule has 0 radical (unpaired) electrons. The van der Waals surface area contributed by atoms with Crippen LogP contribution in [0.3, 0.4) is 0 Å². The molecule has 1 aliphatic heterocycles. The first-order valence-corrected chi connectivity index (χ1v) is 9.27. The number of fused-ring (bicyclic) bond motifs is 1. The average Bonchev–Trinajstić information content (AvgIpc) is 3.09. The van der Waals surface area contributed by atoms with Gasteiger partial charge in [-0.1, -0.05) is 6.07 Å². The molecule has 1 fully saturated rings. The Bertz CT molecular complexity index is 639. The van der Waals surface area contributed by atoms with Crippen molar-refractivity contribution in [3.05, 3.63) is 29.3 Å². The monoisotopic (exact) mass is 383 g/mol. The zero-order chi connectivity index (χ0) is 19.9. The molecule has 4 N–H and O–H groups in total. The molecular formula is C19H28F3N5. The Morgan fingerprint density at radius 3 is 2.37 bits per heavy atom. The molecular weight excluding hydrogens is 355 g/mol. The fourth-order valence-electron chi connectivity index (χ4n) is 3.68. The van der Waals surface area contributed by atoms with Gasteiger partial charge in [-0.05, 0) is 81.6 Å². The Labute approximate surface area is 158 Å². The molecule has 3 rings (SSSR count). The van der Waals surface area contributed by atoms with Gasteiger partial charge >= 0.3 is 6.18 Å². The summed E-state index contributed by atoms with van der Waals surface area (Å²) in [6.07, 6.45) is 3.26. The van der Waals surface area contributed by atoms with Crippen molar-refractivity contribution in [2.45, 2.75) is 50.7 Å². The third kappa shape index (κ3) is 6.32. The van der Waals surface area contributed by atoms with Gasteiger partial charge in [-0.25, -0.2) is 4.99 Å². The maximum atomic E-state index is 11.1. The summed E-state index contributed by atoms with van der Waals surface area (Å²) in [5.74, 6) is -1.66. The second-order valence-corrected chi connectivity index (χ2v) is 6.84. The van der Waals surface area contributed by atoms with Gasteiger partial charge in [0, 0.05) is 11.7 Å². The molecule has 2 aliphatic rings. The van der Waals surface area contributed by atoms with Gasteiger partial charge in [-0.3, -0.25) is 5.41 Å². The van der Waals surface area contributed by atoms with Crippen molar-refractivity contribution < 1.29 is 13.2 Å². The van der Waals surface area contributed by atoms with Crippen LogP contribution in [0.2, 0.25) is 0 Å². The topological polar surface area (TPSA) is 77.5 Å². The van der Waals surface area contributed by atoms with Gasteiger partial charge in [0.05, 0.1) is 6.67 Å². The van der Waals surface area contributed by atoms with Crippen LogP contribution in [0.4, 0.5) is 18.9 Å². The van der Waals surface area contributed by atoms with Crippen LogP contribution in [-0.4, -0.2) is 49.4 Å². The van der Waals surface area contributed by atoms with Gasteiger partial charge in [0.1, 0.15) is 0 Å². The summed E-state index contributed by atoms with van der Waals surface area (Å²) in [6, 6.07) is 7.57. The molecule has 0 aromatic heterocycles. The predicted molar refractivity (Wildman–Crippen MR) is 104 cm³/mol. The third-order valence-corrected chi connectivity index (χ3v) is 5.09. The second kappa shape index (κ2) is 9.85. The van der Waals surface area contributed by atoms with Crippen LogP contribution in [0.5, 0.6) is 0 Å². The Morgan fingerprint density at radius 2 is 1.85 bits per heavy atom. The lowest BCUT2D eigenvalue weighted by molar-refractivity contribution is -0.0603. The maximum Gasteiger partial charge on any atom is 0.450 e. The summed E-state index contributed by atoms with van der Waals surface area (Å²) in [5.41, 5.74) is 9.80. The van der Waals surface area contributed by atoms with Gasteiger partial charge in [-0.15, -0.1) is 0 Å². The molecule has 0 saturated carbocycles. The molecule has 27 heavy (non-hydrogen) atoms. The SMILES string of the molecule is C=NC(=N)C(F)(F)F.NCNc1ccc2c(c1)CCC(N1CCCC1)CC2. The molecule has 150 valence electrons. The van der Waals surface area contributed by atoms with E-state index >= 15 is 0 Å². The van der Waals surface area contributed by atoms with Crippen molar-refractivity contribution in [3.63, 3.8) is 0 Å². The minimum atomic E-state index is -4.64. The van der Waals surface area contributed by atoms with E-state index in [-0.39, 0.29) is 0 Å². The van der Waals surface area contributed by atoms with Gasteiger partial charge in [-0.2, -0.15) is 13.2 Å². The molecule has 1 atom stereocenters. The number of benzene rings is 1. The number of nitrogens with zero attached hydrogens (tertiary/aromatic N) is 2. The van der Waals surface area contributed by atoms with Gasteiger partial charge in [0.2, 0.25) is 5.84 Å². The summed E-state index contributed by atoms with van der Waals surface area (Å²) >= 11 is 0. The fourth-order valence-corrected chi connectivity index (χ4v) is 3.68. The van der Waals surface area contributed by atoms with Crippen molar-refractivity contribution in [1.29, 1.82) is 5.41 Å². The van der Waals surface area contributed by atoms with Crippen molar-refractivity contribution in [2.24, 2.45) is 10.7 Å². The number of hydrogen-bond donors (Lipinski definition) is 3. The predicted octanol–water partition coefficient (Wildman–Crippen LogP) is 3.58. The summed E-state index contributed by atoms with van der Waals surface area (Å²) in [7, 11) is 0. The first-order valence-electron chi connectivity index (χ1n) is 9.27. The largest absolute Gasteiger partial charge is 0.450 e. The van der Waals surface area contributed by atoms with Crippen molar-refractivity contribution in [3.8, 4) is 0 Å². The summed E-state index contributed by atoms with van der Waals surface area (Å²) in [4.78, 5) is 5.08. The van der Waals surface area contributed by atoms with E-state index in [0.29, 0.717) is 6.67 Å². The van der Waals surface area contributed by atoms with Crippen LogP contribution in [0.25, 0.3) is 0 Å². The molecule has 8 heteroatoms. The van der Waals surface area contributed by atoms with Crippen molar-refractivity contribution in [1.82, 2.24) is 4.90 Å². The number of hydrogen-bond acceptors (Lipinski definition) is 4. The van der Waals surface area contributed by atoms with Crippen LogP contribution in [0, 0.1) is 5.41 Å². The summed E-state index contributed by atoms with van der Waals surface area (Å²) < 4.78 is 33.3. The smallest absolute Gasteiger partial charge is 0.373 e. The molecule has 1 aliphatic carbocycles. The van der Waals surface area contributed by atoms with Crippen molar-refractivity contribution >= 4 is 18.2 Å². The molecule has 0 spiro atoms. The molecule has 1 unspecified atom stereocenters. The molecule has 0 amide bonds. The van der Waals surface area contributed by atoms with E-state index in [1.54, 1.807) is 5.56 Å². The second-order valence-electron chi connectivity index (χ2n) is 6.84. The Kier molecular flexibility index (Phi) is 7.79. The van der Waals surface area contributed by atoms with Gasteiger partial charge in [0.15, 0.2) is 0 Å². The lowest BCUT2D eigenvalue weighted by Crippen LogP contribution is -2.32. The van der Waals surface area contributed by atoms with Crippen LogP contribution in [0.15, 0.2) is 23.2 Å². The highest BCUT2D eigenvalue weighted by molar-refractivity contribution is 5.88. The highest BCUT2D eigenvalue weighted by Gasteiger charge is 2.33. The molecule has 0 bridgehead atoms. The van der Waals surface area contributed by atoms with E-state index in [0.717, 1.165) is 6.04 Å². The molecule has 1 aromatic rings. The Morgan fingerprint density at radius 1 is 1.22 bits per heavy atom. The van der Waals surface area contributed by atoms with Crippen LogP contribution >= 0.6 is 0 Å². The minimum Gasteiger partial charge on any atom is -0.373 e. The zero-order valence-electron chi connectivity index (χ0n) is 15.5. The lowest BCUT2D eigenvalue weighted by Gasteiger charge is -2.25. The van der Waals surface area contributed by atoms with E-state index in [1.165, 1.54) is 62.9 Å². The maximum absolute atomic E-state index is 11.1. The number of aliphatic imine (C=N–C) groups is 1. The first-order chi connectivity index (χ1) is 12.8. The number of halogens is 3. The number of amidine groups is 1. The number of anilines is 1. The number of nitrogens with two attached hydrogens (primary N) is 1.